The first-order chi connectivity index (χ1) is 12.0. The van der Waals surface area contributed by atoms with Crippen LogP contribution in [0.15, 0.2) is 41.3 Å². The molecular weight excluding hydrogens is 344 g/mol. The van der Waals surface area contributed by atoms with E-state index in [2.05, 4.69) is 4.72 Å². The summed E-state index contributed by atoms with van der Waals surface area (Å²) in [5.41, 5.74) is 1.33. The number of ether oxygens (including phenoxy) is 3. The summed E-state index contributed by atoms with van der Waals surface area (Å²) in [6.07, 6.45) is 0. The molecule has 0 bridgehead atoms. The van der Waals surface area contributed by atoms with Crippen LogP contribution < -0.4 is 23.8 Å². The molecule has 8 heteroatoms. The van der Waals surface area contributed by atoms with Gasteiger partial charge in [0.2, 0.25) is 0 Å². The minimum Gasteiger partial charge on any atom is -0.490 e. The Bertz CT molecular complexity index is 913. The topological polar surface area (TPSA) is 77.1 Å². The summed E-state index contributed by atoms with van der Waals surface area (Å²) < 4.78 is 44.4. The third kappa shape index (κ3) is 3.05. The fourth-order valence-corrected chi connectivity index (χ4v) is 3.88. The van der Waals surface area contributed by atoms with Crippen LogP contribution in [0.25, 0.3) is 0 Å². The van der Waals surface area contributed by atoms with Gasteiger partial charge in [0.1, 0.15) is 25.6 Å². The molecule has 0 fully saturated rings. The molecule has 2 heterocycles. The number of hydrogen-bond acceptors (Lipinski definition) is 6. The van der Waals surface area contributed by atoms with Gasteiger partial charge in [0.25, 0.3) is 10.0 Å². The molecule has 2 aromatic carbocycles. The van der Waals surface area contributed by atoms with Crippen molar-refractivity contribution in [2.75, 3.05) is 43.0 Å². The van der Waals surface area contributed by atoms with Crippen molar-refractivity contribution in [2.24, 2.45) is 0 Å². The molecule has 7 nitrogen and oxygen atoms in total. The quantitative estimate of drug-likeness (QED) is 0.901. The smallest absolute Gasteiger partial charge is 0.262 e. The van der Waals surface area contributed by atoms with Crippen molar-refractivity contribution in [3.63, 3.8) is 0 Å². The number of nitrogens with zero attached hydrogens (tertiary/aromatic N) is 1. The summed E-state index contributed by atoms with van der Waals surface area (Å²) >= 11 is 0. The normalized spacial score (nSPS) is 16.0. The van der Waals surface area contributed by atoms with Crippen LogP contribution in [0.3, 0.4) is 0 Å². The summed E-state index contributed by atoms with van der Waals surface area (Å²) in [5.74, 6) is 1.74. The Labute approximate surface area is 146 Å². The summed E-state index contributed by atoms with van der Waals surface area (Å²) in [5, 5.41) is 0. The van der Waals surface area contributed by atoms with Crippen LogP contribution in [0.4, 0.5) is 11.4 Å². The highest BCUT2D eigenvalue weighted by Gasteiger charge is 2.21. The van der Waals surface area contributed by atoms with Gasteiger partial charge in [-0.05, 0) is 30.3 Å². The summed E-state index contributed by atoms with van der Waals surface area (Å²) in [4.78, 5) is 2.15. The van der Waals surface area contributed by atoms with E-state index in [0.29, 0.717) is 37.0 Å². The molecular formula is C17H18N2O5S. The molecule has 0 saturated carbocycles. The SMILES string of the molecule is CN1CCOc2ccc(NS(=O)(=O)c3ccc4c(c3)OCCO4)cc21. The maximum Gasteiger partial charge on any atom is 0.262 e. The average Bonchev–Trinajstić information content (AvgIpc) is 2.62. The Morgan fingerprint density at radius 3 is 2.48 bits per heavy atom. The minimum absolute atomic E-state index is 0.124. The Balaban J connectivity index is 1.62. The highest BCUT2D eigenvalue weighted by Crippen LogP contribution is 2.35. The number of benzene rings is 2. The summed E-state index contributed by atoms with van der Waals surface area (Å²) in [6.45, 7) is 2.24. The van der Waals surface area contributed by atoms with Gasteiger partial charge in [0, 0.05) is 13.1 Å². The van der Waals surface area contributed by atoms with Crippen molar-refractivity contribution >= 4 is 21.4 Å². The molecule has 0 spiro atoms. The maximum atomic E-state index is 12.7. The van der Waals surface area contributed by atoms with Crippen LogP contribution in [0, 0.1) is 0 Å². The lowest BCUT2D eigenvalue weighted by molar-refractivity contribution is 0.171. The standard InChI is InChI=1S/C17H18N2O5S/c1-19-6-7-22-15-4-2-12(10-14(15)19)18-25(20,21)13-3-5-16-17(11-13)24-9-8-23-16/h2-5,10-11,18H,6-9H2,1H3. The molecule has 2 aliphatic rings. The molecule has 0 radical (unpaired) electrons. The molecule has 2 aliphatic heterocycles. The van der Waals surface area contributed by atoms with Crippen molar-refractivity contribution in [3.8, 4) is 17.2 Å². The molecule has 0 saturated heterocycles. The van der Waals surface area contributed by atoms with Gasteiger partial charge in [0.05, 0.1) is 22.8 Å². The number of anilines is 2. The van der Waals surface area contributed by atoms with E-state index in [4.69, 9.17) is 14.2 Å². The van der Waals surface area contributed by atoms with E-state index >= 15 is 0 Å². The molecule has 25 heavy (non-hydrogen) atoms. The van der Waals surface area contributed by atoms with Gasteiger partial charge in [0.15, 0.2) is 11.5 Å². The number of rotatable bonds is 3. The fourth-order valence-electron chi connectivity index (χ4n) is 2.82. The number of sulfonamides is 1. The zero-order valence-electron chi connectivity index (χ0n) is 13.7. The molecule has 1 N–H and O–H groups in total. The Morgan fingerprint density at radius 2 is 1.64 bits per heavy atom. The zero-order valence-corrected chi connectivity index (χ0v) is 14.5. The van der Waals surface area contributed by atoms with Crippen molar-refractivity contribution in [1.82, 2.24) is 0 Å². The highest BCUT2D eigenvalue weighted by atomic mass is 32.2. The van der Waals surface area contributed by atoms with Crippen LogP contribution in [0.1, 0.15) is 0 Å². The molecule has 0 aliphatic carbocycles. The molecule has 0 atom stereocenters. The second-order valence-electron chi connectivity index (χ2n) is 5.86. The minimum atomic E-state index is -3.74. The van der Waals surface area contributed by atoms with Crippen LogP contribution in [-0.4, -0.2) is 41.8 Å². The monoisotopic (exact) mass is 362 g/mol. The number of nitrogens with one attached hydrogen (secondary N) is 1. The molecule has 132 valence electrons. The van der Waals surface area contributed by atoms with Gasteiger partial charge in [-0.25, -0.2) is 8.42 Å². The van der Waals surface area contributed by atoms with Crippen LogP contribution in [-0.2, 0) is 10.0 Å². The lowest BCUT2D eigenvalue weighted by atomic mass is 10.2. The van der Waals surface area contributed by atoms with Crippen molar-refractivity contribution in [3.05, 3.63) is 36.4 Å². The molecule has 4 rings (SSSR count). The first-order valence-corrected chi connectivity index (χ1v) is 9.42. The van der Waals surface area contributed by atoms with Gasteiger partial charge < -0.3 is 19.1 Å². The first kappa shape index (κ1) is 15.9. The second-order valence-corrected chi connectivity index (χ2v) is 7.55. The largest absolute Gasteiger partial charge is 0.490 e. The van der Waals surface area contributed by atoms with E-state index < -0.39 is 10.0 Å². The van der Waals surface area contributed by atoms with Gasteiger partial charge >= 0.3 is 0 Å². The van der Waals surface area contributed by atoms with E-state index in [1.807, 2.05) is 11.9 Å². The molecule has 0 unspecified atom stereocenters. The van der Waals surface area contributed by atoms with Gasteiger partial charge in [-0.1, -0.05) is 0 Å². The van der Waals surface area contributed by atoms with Crippen molar-refractivity contribution < 1.29 is 22.6 Å². The van der Waals surface area contributed by atoms with Crippen LogP contribution >= 0.6 is 0 Å². The predicted molar refractivity (Wildman–Crippen MR) is 93.4 cm³/mol. The number of fused-ring (bicyclic) bond motifs is 2. The van der Waals surface area contributed by atoms with Crippen molar-refractivity contribution in [2.45, 2.75) is 4.90 Å². The summed E-state index contributed by atoms with van der Waals surface area (Å²) in [7, 11) is -1.79. The lowest BCUT2D eigenvalue weighted by Gasteiger charge is -2.28. The predicted octanol–water partition coefficient (Wildman–Crippen LogP) is 2.09. The van der Waals surface area contributed by atoms with Crippen LogP contribution in [0.2, 0.25) is 0 Å². The molecule has 0 aromatic heterocycles. The maximum absolute atomic E-state index is 12.7. The van der Waals surface area contributed by atoms with Gasteiger partial charge in [-0.3, -0.25) is 4.72 Å². The second kappa shape index (κ2) is 6.03. The van der Waals surface area contributed by atoms with Crippen molar-refractivity contribution in [1.29, 1.82) is 0 Å². The molecule has 0 amide bonds. The third-order valence-electron chi connectivity index (χ3n) is 4.13. The zero-order chi connectivity index (χ0) is 17.4. The number of likely N-dealkylation sites (N-methyl/N-ethyl adjacent to an activating group) is 1. The first-order valence-electron chi connectivity index (χ1n) is 7.93. The van der Waals surface area contributed by atoms with E-state index in [1.165, 1.54) is 12.1 Å². The molecule has 2 aromatic rings. The van der Waals surface area contributed by atoms with E-state index in [-0.39, 0.29) is 4.90 Å². The van der Waals surface area contributed by atoms with Crippen LogP contribution in [0.5, 0.6) is 17.2 Å². The Hall–Kier alpha value is -2.61. The fraction of sp³-hybridized carbons (Fsp3) is 0.294. The highest BCUT2D eigenvalue weighted by molar-refractivity contribution is 7.92. The lowest BCUT2D eigenvalue weighted by Crippen LogP contribution is -2.28. The average molecular weight is 362 g/mol. The summed E-state index contributed by atoms with van der Waals surface area (Å²) in [6, 6.07) is 9.82. The van der Waals surface area contributed by atoms with E-state index in [0.717, 1.165) is 18.0 Å². The Morgan fingerprint density at radius 1 is 0.920 bits per heavy atom. The number of hydrogen-bond donors (Lipinski definition) is 1. The third-order valence-corrected chi connectivity index (χ3v) is 5.51. The van der Waals surface area contributed by atoms with Gasteiger partial charge in [-0.2, -0.15) is 0 Å². The van der Waals surface area contributed by atoms with E-state index in [9.17, 15) is 8.42 Å². The van der Waals surface area contributed by atoms with Gasteiger partial charge in [-0.15, -0.1) is 0 Å². The van der Waals surface area contributed by atoms with E-state index in [1.54, 1.807) is 24.3 Å². The Kier molecular flexibility index (Phi) is 3.84.